The average molecular weight is 1040 g/mol. The second kappa shape index (κ2) is 25.3. The maximum Gasteiger partial charge on any atom is 0.258 e. The molecule has 0 spiro atoms. The summed E-state index contributed by atoms with van der Waals surface area (Å²) in [5.74, 6) is -3.18. The van der Waals surface area contributed by atoms with Crippen molar-refractivity contribution in [3.63, 3.8) is 0 Å². The van der Waals surface area contributed by atoms with Crippen molar-refractivity contribution in [3.8, 4) is 11.5 Å². The van der Waals surface area contributed by atoms with Gasteiger partial charge in [-0.3, -0.25) is 28.8 Å². The molecule has 0 aliphatic carbocycles. The fourth-order valence-electron chi connectivity index (χ4n) is 6.45. The lowest BCUT2D eigenvalue weighted by Gasteiger charge is -2.17. The fraction of sp³-hybridized carbons (Fsp3) is 0.250. The molecule has 360 valence electrons. The van der Waals surface area contributed by atoms with Gasteiger partial charge in [0.2, 0.25) is 12.1 Å². The Labute approximate surface area is 422 Å². The number of ketones is 2. The molecule has 0 saturated carbocycles. The number of amides is 4. The fourth-order valence-corrected chi connectivity index (χ4v) is 7.49. The molecule has 3 atom stereocenters. The first-order chi connectivity index (χ1) is 33.0. The van der Waals surface area contributed by atoms with E-state index in [1.54, 1.807) is 57.2 Å². The van der Waals surface area contributed by atoms with Crippen molar-refractivity contribution < 1.29 is 38.2 Å². The van der Waals surface area contributed by atoms with E-state index in [2.05, 4.69) is 41.7 Å². The molecule has 21 heteroatoms. The molecule has 0 aliphatic heterocycles. The number of anilines is 4. The Balaban J connectivity index is 1.29. The molecule has 0 heterocycles. The molecule has 0 bridgehead atoms. The minimum Gasteiger partial charge on any atom is -0.492 e. The number of benzene rings is 5. The van der Waals surface area contributed by atoms with Crippen LogP contribution >= 0.6 is 58.0 Å². The predicted molar refractivity (Wildman–Crippen MR) is 269 cm³/mol. The van der Waals surface area contributed by atoms with Crippen LogP contribution in [-0.4, -0.2) is 60.5 Å². The molecule has 5 rings (SSSR count). The number of alkyl halides is 3. The summed E-state index contributed by atoms with van der Waals surface area (Å²) in [6, 6.07) is 19.9. The van der Waals surface area contributed by atoms with Crippen LogP contribution in [0, 0.1) is 0 Å². The van der Waals surface area contributed by atoms with E-state index in [1.807, 2.05) is 0 Å². The lowest BCUT2D eigenvalue weighted by atomic mass is 10.1. The van der Waals surface area contributed by atoms with Gasteiger partial charge in [0, 0.05) is 23.1 Å². The number of hydrogen-bond donors (Lipinski definition) is 4. The minimum absolute atomic E-state index is 0.0226. The van der Waals surface area contributed by atoms with Gasteiger partial charge in [0.1, 0.15) is 11.5 Å². The molecular weight excluding hydrogens is 994 g/mol. The average Bonchev–Trinajstić information content (AvgIpc) is 3.31. The number of para-hydroxylation sites is 2. The summed E-state index contributed by atoms with van der Waals surface area (Å²) < 4.78 is 11.3. The van der Waals surface area contributed by atoms with E-state index in [9.17, 15) is 28.8 Å². The maximum atomic E-state index is 13.6. The third-order valence-electron chi connectivity index (χ3n) is 9.83. The highest BCUT2D eigenvalue weighted by molar-refractivity contribution is 6.35. The molecule has 4 amide bonds. The van der Waals surface area contributed by atoms with Crippen LogP contribution in [0.2, 0.25) is 10.0 Å². The number of Topliss-reactive ketones (excluding diaryl/α,β-unsaturated/α-hetero) is 2. The van der Waals surface area contributed by atoms with Crippen LogP contribution in [-0.2, 0) is 30.9 Å². The minimum atomic E-state index is -1.63. The van der Waals surface area contributed by atoms with E-state index in [-0.39, 0.29) is 55.7 Å². The Hall–Kier alpha value is -6.43. The number of nitrogens with zero attached hydrogens (tertiary/aromatic N) is 4. The van der Waals surface area contributed by atoms with Gasteiger partial charge in [0.05, 0.1) is 62.5 Å². The van der Waals surface area contributed by atoms with E-state index in [0.717, 1.165) is 13.8 Å². The number of nitrogens with one attached hydrogen (secondary N) is 4. The number of azo groups is 2. The highest BCUT2D eigenvalue weighted by Gasteiger charge is 2.27. The van der Waals surface area contributed by atoms with Crippen LogP contribution in [0.25, 0.3) is 0 Å². The summed E-state index contributed by atoms with van der Waals surface area (Å²) in [6.07, 6.45) is 0. The smallest absolute Gasteiger partial charge is 0.258 e. The van der Waals surface area contributed by atoms with Crippen molar-refractivity contribution >= 4 is 127 Å². The summed E-state index contributed by atoms with van der Waals surface area (Å²) in [5, 5.41) is 26.5. The van der Waals surface area contributed by atoms with Crippen molar-refractivity contribution in [2.75, 3.05) is 34.5 Å². The molecule has 3 unspecified atom stereocenters. The van der Waals surface area contributed by atoms with Gasteiger partial charge >= 0.3 is 0 Å². The van der Waals surface area contributed by atoms with Crippen molar-refractivity contribution in [2.45, 2.75) is 63.8 Å². The second-order valence-electron chi connectivity index (χ2n) is 14.8. The first kappa shape index (κ1) is 53.5. The zero-order valence-electron chi connectivity index (χ0n) is 37.7. The molecule has 5 aromatic carbocycles. The molecule has 0 fully saturated rings. The number of rotatable bonds is 21. The van der Waals surface area contributed by atoms with E-state index in [4.69, 9.17) is 67.5 Å². The first-order valence-corrected chi connectivity index (χ1v) is 23.3. The van der Waals surface area contributed by atoms with Crippen LogP contribution < -0.4 is 30.7 Å². The van der Waals surface area contributed by atoms with Gasteiger partial charge in [-0.2, -0.15) is 20.5 Å². The molecule has 5 aromatic rings. The largest absolute Gasteiger partial charge is 0.492 e. The quantitative estimate of drug-likeness (QED) is 0.0314. The van der Waals surface area contributed by atoms with Crippen molar-refractivity contribution in [1.82, 2.24) is 0 Å². The molecule has 0 aromatic heterocycles. The van der Waals surface area contributed by atoms with E-state index >= 15 is 0 Å². The van der Waals surface area contributed by atoms with Crippen molar-refractivity contribution in [1.29, 1.82) is 0 Å². The Bertz CT molecular complexity index is 2820. The molecule has 16 nitrogen and oxygen atoms in total. The Morgan fingerprint density at radius 2 is 1.04 bits per heavy atom. The van der Waals surface area contributed by atoms with Gasteiger partial charge in [-0.15, -0.1) is 34.8 Å². The van der Waals surface area contributed by atoms with E-state index < -0.39 is 52.7 Å². The van der Waals surface area contributed by atoms with Gasteiger partial charge in [0.15, 0.2) is 11.6 Å². The third-order valence-corrected chi connectivity index (χ3v) is 11.3. The number of ether oxygens (including phenoxy) is 2. The Morgan fingerprint density at radius 1 is 0.594 bits per heavy atom. The summed E-state index contributed by atoms with van der Waals surface area (Å²) in [7, 11) is 0. The molecule has 0 saturated heterocycles. The number of hydrogen-bond acceptors (Lipinski definition) is 12. The van der Waals surface area contributed by atoms with Crippen LogP contribution in [0.1, 0.15) is 77.4 Å². The van der Waals surface area contributed by atoms with Crippen LogP contribution in [0.3, 0.4) is 0 Å². The third kappa shape index (κ3) is 14.1. The Morgan fingerprint density at radius 3 is 1.45 bits per heavy atom. The van der Waals surface area contributed by atoms with Crippen LogP contribution in [0.15, 0.2) is 111 Å². The van der Waals surface area contributed by atoms with Gasteiger partial charge in [-0.05, 0) is 118 Å². The molecular formula is C48H45Cl5N8O8. The monoisotopic (exact) mass is 1040 g/mol. The Kier molecular flexibility index (Phi) is 19.6. The zero-order chi connectivity index (χ0) is 50.4. The van der Waals surface area contributed by atoms with Crippen LogP contribution in [0.5, 0.6) is 11.5 Å². The van der Waals surface area contributed by atoms with E-state index in [0.29, 0.717) is 52.8 Å². The number of carbonyl (C=O) groups is 6. The summed E-state index contributed by atoms with van der Waals surface area (Å²) in [5.41, 5.74) is 2.94. The lowest BCUT2D eigenvalue weighted by molar-refractivity contribution is -0.127. The summed E-state index contributed by atoms with van der Waals surface area (Å²) in [6.45, 7) is 8.22. The van der Waals surface area contributed by atoms with Crippen molar-refractivity contribution in [2.24, 2.45) is 20.5 Å². The van der Waals surface area contributed by atoms with Gasteiger partial charge in [-0.1, -0.05) is 47.5 Å². The topological polar surface area (TPSA) is 218 Å². The van der Waals surface area contributed by atoms with Crippen molar-refractivity contribution in [3.05, 3.63) is 129 Å². The zero-order valence-corrected chi connectivity index (χ0v) is 41.4. The second-order valence-corrected chi connectivity index (χ2v) is 16.8. The number of carbonyl (C=O) groups excluding carboxylic acids is 6. The molecule has 0 aliphatic rings. The molecule has 0 radical (unpaired) electrons. The van der Waals surface area contributed by atoms with E-state index in [1.165, 1.54) is 54.6 Å². The normalized spacial score (nSPS) is 12.5. The highest BCUT2D eigenvalue weighted by atomic mass is 35.5. The first-order valence-electron chi connectivity index (χ1n) is 21.0. The van der Waals surface area contributed by atoms with Gasteiger partial charge < -0.3 is 30.7 Å². The van der Waals surface area contributed by atoms with Gasteiger partial charge in [-0.25, -0.2) is 0 Å². The standard InChI is InChI=1S/C48H45Cl5N8O8/c1-6-68-39-12-8-10-28(23-49)43(39)56-45(64)34-21-31(14-17-36(34)52)58-60-41(26(4)62)47(66)54-30-16-19-38(33(20-30)25(3)51)55-48(67)42(27(5)63)61-59-32-15-18-37(53)35(22-32)46(65)57-44-29(24-50)11-9-13-40(44)69-7-2/h8-22,25,41-42H,6-7,23-24H2,1-5H3,(H,54,66)(H,55,67)(H,56,64)(H,57,65). The summed E-state index contributed by atoms with van der Waals surface area (Å²) in [4.78, 5) is 79.4. The predicted octanol–water partition coefficient (Wildman–Crippen LogP) is 12.4. The molecule has 69 heavy (non-hydrogen) atoms. The SMILES string of the molecule is CCOc1cccc(CCl)c1NC(=O)c1cc(N=NC(C(C)=O)C(=O)Nc2ccc(NC(=O)C(N=Nc3ccc(Cl)c(C(=O)Nc4c(CCl)cccc4OCC)c3)C(C)=O)c(C(C)Cl)c2)ccc1Cl. The lowest BCUT2D eigenvalue weighted by Crippen LogP contribution is -2.32. The summed E-state index contributed by atoms with van der Waals surface area (Å²) >= 11 is 31.6. The maximum absolute atomic E-state index is 13.6. The van der Waals surface area contributed by atoms with Gasteiger partial charge in [0.25, 0.3) is 23.6 Å². The molecule has 4 N–H and O–H groups in total. The highest BCUT2D eigenvalue weighted by Crippen LogP contribution is 2.35. The number of halogens is 5. The van der Waals surface area contributed by atoms with Crippen LogP contribution in [0.4, 0.5) is 34.1 Å².